The van der Waals surface area contributed by atoms with Crippen LogP contribution in [0.15, 0.2) is 18.2 Å². The molecule has 0 saturated heterocycles. The molecule has 0 aliphatic heterocycles. The topological polar surface area (TPSA) is 64.4 Å². The normalized spacial score (nSPS) is 10.6. The SMILES string of the molecule is CNc1ccc([N+](=O)[O-])cc1COCC(F)F. The van der Waals surface area contributed by atoms with Crippen molar-refractivity contribution in [2.75, 3.05) is 19.0 Å². The van der Waals surface area contributed by atoms with Crippen LogP contribution >= 0.6 is 0 Å². The highest BCUT2D eigenvalue weighted by molar-refractivity contribution is 5.55. The number of ether oxygens (including phenoxy) is 1. The lowest BCUT2D eigenvalue weighted by Crippen LogP contribution is -2.06. The summed E-state index contributed by atoms with van der Waals surface area (Å²) in [4.78, 5) is 10.0. The molecular weight excluding hydrogens is 234 g/mol. The zero-order chi connectivity index (χ0) is 12.8. The molecule has 0 saturated carbocycles. The Kier molecular flexibility index (Phi) is 4.77. The van der Waals surface area contributed by atoms with Gasteiger partial charge in [0.2, 0.25) is 0 Å². The van der Waals surface area contributed by atoms with Gasteiger partial charge in [0.15, 0.2) is 0 Å². The van der Waals surface area contributed by atoms with Gasteiger partial charge in [-0.1, -0.05) is 0 Å². The average Bonchev–Trinajstić information content (AvgIpc) is 2.28. The number of nitro benzene ring substituents is 1. The Bertz CT molecular complexity index is 399. The third-order valence-corrected chi connectivity index (χ3v) is 2.07. The monoisotopic (exact) mass is 246 g/mol. The van der Waals surface area contributed by atoms with Crippen LogP contribution in [0.2, 0.25) is 0 Å². The molecule has 1 aromatic carbocycles. The molecule has 0 aromatic heterocycles. The van der Waals surface area contributed by atoms with Gasteiger partial charge in [-0.05, 0) is 6.07 Å². The molecule has 17 heavy (non-hydrogen) atoms. The van der Waals surface area contributed by atoms with E-state index in [4.69, 9.17) is 4.74 Å². The number of nitrogens with zero attached hydrogens (tertiary/aromatic N) is 1. The lowest BCUT2D eigenvalue weighted by molar-refractivity contribution is -0.384. The molecule has 0 radical (unpaired) electrons. The summed E-state index contributed by atoms with van der Waals surface area (Å²) >= 11 is 0. The van der Waals surface area contributed by atoms with Crippen molar-refractivity contribution in [3.63, 3.8) is 0 Å². The number of halogens is 2. The molecule has 0 amide bonds. The highest BCUT2D eigenvalue weighted by Crippen LogP contribution is 2.22. The van der Waals surface area contributed by atoms with Crippen LogP contribution in [0.3, 0.4) is 0 Å². The summed E-state index contributed by atoms with van der Waals surface area (Å²) < 4.78 is 28.5. The van der Waals surface area contributed by atoms with Crippen molar-refractivity contribution >= 4 is 11.4 Å². The minimum absolute atomic E-state index is 0.0950. The second-order valence-electron chi connectivity index (χ2n) is 3.25. The molecule has 1 rings (SSSR count). The molecule has 0 atom stereocenters. The zero-order valence-electron chi connectivity index (χ0n) is 9.15. The first kappa shape index (κ1) is 13.3. The van der Waals surface area contributed by atoms with Gasteiger partial charge in [0, 0.05) is 30.4 Å². The van der Waals surface area contributed by atoms with Gasteiger partial charge in [0.25, 0.3) is 12.1 Å². The number of hydrogen-bond donors (Lipinski definition) is 1. The Morgan fingerprint density at radius 2 is 2.24 bits per heavy atom. The number of rotatable bonds is 6. The predicted molar refractivity (Wildman–Crippen MR) is 58.3 cm³/mol. The van der Waals surface area contributed by atoms with E-state index in [2.05, 4.69) is 5.32 Å². The second kappa shape index (κ2) is 6.09. The Hall–Kier alpha value is -1.76. The van der Waals surface area contributed by atoms with Gasteiger partial charge in [-0.2, -0.15) is 0 Å². The van der Waals surface area contributed by atoms with E-state index in [-0.39, 0.29) is 12.3 Å². The molecule has 7 heteroatoms. The summed E-state index contributed by atoms with van der Waals surface area (Å²) in [6.07, 6.45) is -2.55. The van der Waals surface area contributed by atoms with Crippen molar-refractivity contribution in [3.8, 4) is 0 Å². The van der Waals surface area contributed by atoms with Gasteiger partial charge in [0.1, 0.15) is 6.61 Å². The predicted octanol–water partition coefficient (Wildman–Crippen LogP) is 2.42. The van der Waals surface area contributed by atoms with Crippen molar-refractivity contribution in [2.24, 2.45) is 0 Å². The Morgan fingerprint density at radius 3 is 2.76 bits per heavy atom. The summed E-state index contributed by atoms with van der Waals surface area (Å²) in [5.41, 5.74) is 0.992. The molecule has 0 unspecified atom stereocenters. The number of nitrogens with one attached hydrogen (secondary N) is 1. The minimum atomic E-state index is -2.55. The lowest BCUT2D eigenvalue weighted by atomic mass is 10.1. The van der Waals surface area contributed by atoms with Crippen LogP contribution in [-0.4, -0.2) is 25.0 Å². The van der Waals surface area contributed by atoms with Crippen LogP contribution in [-0.2, 0) is 11.3 Å². The molecule has 0 spiro atoms. The maximum atomic E-state index is 11.9. The van der Waals surface area contributed by atoms with Crippen LogP contribution < -0.4 is 5.32 Å². The van der Waals surface area contributed by atoms with Crippen molar-refractivity contribution in [3.05, 3.63) is 33.9 Å². The van der Waals surface area contributed by atoms with E-state index >= 15 is 0 Å². The van der Waals surface area contributed by atoms with E-state index in [1.54, 1.807) is 7.05 Å². The van der Waals surface area contributed by atoms with Crippen molar-refractivity contribution < 1.29 is 18.4 Å². The average molecular weight is 246 g/mol. The first-order chi connectivity index (χ1) is 8.04. The summed E-state index contributed by atoms with van der Waals surface area (Å²) in [6, 6.07) is 4.15. The molecular formula is C10H12F2N2O3. The second-order valence-corrected chi connectivity index (χ2v) is 3.25. The third kappa shape index (κ3) is 3.95. The fraction of sp³-hybridized carbons (Fsp3) is 0.400. The quantitative estimate of drug-likeness (QED) is 0.618. The van der Waals surface area contributed by atoms with E-state index in [1.807, 2.05) is 0 Å². The van der Waals surface area contributed by atoms with Gasteiger partial charge in [-0.15, -0.1) is 0 Å². The zero-order valence-corrected chi connectivity index (χ0v) is 9.15. The summed E-state index contributed by atoms with van der Waals surface area (Å²) in [5.74, 6) is 0. The van der Waals surface area contributed by atoms with E-state index < -0.39 is 18.0 Å². The summed E-state index contributed by atoms with van der Waals surface area (Å²) in [5, 5.41) is 13.4. The van der Waals surface area contributed by atoms with Crippen LogP contribution in [0.5, 0.6) is 0 Å². The van der Waals surface area contributed by atoms with Crippen molar-refractivity contribution in [1.29, 1.82) is 0 Å². The minimum Gasteiger partial charge on any atom is -0.388 e. The molecule has 94 valence electrons. The molecule has 0 bridgehead atoms. The smallest absolute Gasteiger partial charge is 0.269 e. The van der Waals surface area contributed by atoms with Gasteiger partial charge < -0.3 is 10.1 Å². The number of non-ortho nitro benzene ring substituents is 1. The molecule has 0 aliphatic carbocycles. The largest absolute Gasteiger partial charge is 0.388 e. The maximum absolute atomic E-state index is 11.9. The Morgan fingerprint density at radius 1 is 1.53 bits per heavy atom. The molecule has 0 heterocycles. The van der Waals surface area contributed by atoms with Crippen LogP contribution in [0.1, 0.15) is 5.56 Å². The first-order valence-corrected chi connectivity index (χ1v) is 4.85. The molecule has 0 fully saturated rings. The fourth-order valence-electron chi connectivity index (χ4n) is 1.31. The van der Waals surface area contributed by atoms with Crippen LogP contribution in [0, 0.1) is 10.1 Å². The van der Waals surface area contributed by atoms with E-state index in [0.717, 1.165) is 0 Å². The summed E-state index contributed by atoms with van der Waals surface area (Å²) in [6.45, 7) is -0.784. The number of anilines is 1. The number of hydrogen-bond acceptors (Lipinski definition) is 4. The van der Waals surface area contributed by atoms with Crippen LogP contribution in [0.25, 0.3) is 0 Å². The number of nitro groups is 1. The van der Waals surface area contributed by atoms with E-state index in [1.165, 1.54) is 18.2 Å². The van der Waals surface area contributed by atoms with Gasteiger partial charge in [0.05, 0.1) is 11.5 Å². The van der Waals surface area contributed by atoms with Crippen LogP contribution in [0.4, 0.5) is 20.2 Å². The Labute approximate surface area is 96.5 Å². The van der Waals surface area contributed by atoms with Gasteiger partial charge in [-0.25, -0.2) is 8.78 Å². The molecule has 1 N–H and O–H groups in total. The van der Waals surface area contributed by atoms with Gasteiger partial charge in [-0.3, -0.25) is 10.1 Å². The van der Waals surface area contributed by atoms with Gasteiger partial charge >= 0.3 is 0 Å². The number of benzene rings is 1. The molecule has 5 nitrogen and oxygen atoms in total. The van der Waals surface area contributed by atoms with Crippen molar-refractivity contribution in [2.45, 2.75) is 13.0 Å². The molecule has 0 aliphatic rings. The third-order valence-electron chi connectivity index (χ3n) is 2.07. The standard InChI is InChI=1S/C10H12F2N2O3/c1-13-9-3-2-8(14(15)16)4-7(9)5-17-6-10(11)12/h2-4,10,13H,5-6H2,1H3. The highest BCUT2D eigenvalue weighted by Gasteiger charge is 2.11. The highest BCUT2D eigenvalue weighted by atomic mass is 19.3. The molecule has 1 aromatic rings. The van der Waals surface area contributed by atoms with E-state index in [9.17, 15) is 18.9 Å². The fourth-order valence-corrected chi connectivity index (χ4v) is 1.31. The summed E-state index contributed by atoms with van der Waals surface area (Å²) in [7, 11) is 1.64. The Balaban J connectivity index is 2.79. The maximum Gasteiger partial charge on any atom is 0.269 e. The van der Waals surface area contributed by atoms with Crippen molar-refractivity contribution in [1.82, 2.24) is 0 Å². The lowest BCUT2D eigenvalue weighted by Gasteiger charge is -2.09. The number of alkyl halides is 2. The van der Waals surface area contributed by atoms with E-state index in [0.29, 0.717) is 11.3 Å². The first-order valence-electron chi connectivity index (χ1n) is 4.85.